The third-order valence-electron chi connectivity index (χ3n) is 3.83. The molecule has 0 aliphatic heterocycles. The number of amides is 1. The molecule has 0 unspecified atom stereocenters. The van der Waals surface area contributed by atoms with Crippen LogP contribution in [0.15, 0.2) is 24.3 Å². The normalized spacial score (nSPS) is 22.5. The molecule has 1 N–H and O–H groups in total. The Labute approximate surface area is 114 Å². The molecule has 19 heavy (non-hydrogen) atoms. The molecule has 0 saturated heterocycles. The van der Waals surface area contributed by atoms with E-state index in [1.807, 2.05) is 12.1 Å². The summed E-state index contributed by atoms with van der Waals surface area (Å²) in [5.74, 6) is 0.885. The lowest BCUT2D eigenvalue weighted by atomic mass is 9.87. The third kappa shape index (κ3) is 4.10. The summed E-state index contributed by atoms with van der Waals surface area (Å²) in [4.78, 5) is 11.9. The maximum absolute atomic E-state index is 11.9. The van der Waals surface area contributed by atoms with Crippen molar-refractivity contribution in [2.24, 2.45) is 5.92 Å². The van der Waals surface area contributed by atoms with Gasteiger partial charge in [-0.15, -0.1) is 0 Å². The lowest BCUT2D eigenvalue weighted by molar-refractivity contribution is -0.121. The van der Waals surface area contributed by atoms with E-state index in [2.05, 4.69) is 18.3 Å². The molecule has 1 aromatic rings. The second-order valence-corrected chi connectivity index (χ2v) is 5.51. The fraction of sp³-hybridized carbons (Fsp3) is 0.500. The maximum Gasteiger partial charge on any atom is 0.224 e. The van der Waals surface area contributed by atoms with Gasteiger partial charge in [-0.3, -0.25) is 4.79 Å². The van der Waals surface area contributed by atoms with Crippen molar-refractivity contribution in [1.29, 1.82) is 5.26 Å². The lowest BCUT2D eigenvalue weighted by Gasteiger charge is -2.26. The second-order valence-electron chi connectivity index (χ2n) is 5.51. The van der Waals surface area contributed by atoms with E-state index < -0.39 is 0 Å². The predicted octanol–water partition coefficient (Wildman–Crippen LogP) is 2.80. The number of carbonyl (C=O) groups excluding carboxylic acids is 1. The first-order valence-corrected chi connectivity index (χ1v) is 6.96. The summed E-state index contributed by atoms with van der Waals surface area (Å²) in [6, 6.07) is 9.63. The van der Waals surface area contributed by atoms with E-state index in [9.17, 15) is 4.79 Å². The number of carbonyl (C=O) groups is 1. The molecule has 1 fully saturated rings. The average Bonchev–Trinajstić information content (AvgIpc) is 2.42. The molecule has 3 heteroatoms. The van der Waals surface area contributed by atoms with E-state index in [1.165, 1.54) is 12.8 Å². The fourth-order valence-corrected chi connectivity index (χ4v) is 2.57. The molecule has 0 atom stereocenters. The highest BCUT2D eigenvalue weighted by Crippen LogP contribution is 2.23. The quantitative estimate of drug-likeness (QED) is 0.904. The SMILES string of the molecule is CC1CCC(NC(=O)Cc2ccc(C#N)cc2)CC1. The van der Waals surface area contributed by atoms with Crippen molar-refractivity contribution in [3.63, 3.8) is 0 Å². The van der Waals surface area contributed by atoms with Crippen LogP contribution in [0.25, 0.3) is 0 Å². The summed E-state index contributed by atoms with van der Waals surface area (Å²) in [5, 5.41) is 11.8. The van der Waals surface area contributed by atoms with Crippen LogP contribution < -0.4 is 5.32 Å². The van der Waals surface area contributed by atoms with Crippen LogP contribution in [0, 0.1) is 17.2 Å². The van der Waals surface area contributed by atoms with Crippen LogP contribution in [0.2, 0.25) is 0 Å². The monoisotopic (exact) mass is 256 g/mol. The lowest BCUT2D eigenvalue weighted by Crippen LogP contribution is -2.38. The number of hydrogen-bond donors (Lipinski definition) is 1. The Morgan fingerprint density at radius 1 is 1.26 bits per heavy atom. The Morgan fingerprint density at radius 3 is 2.47 bits per heavy atom. The molecule has 1 saturated carbocycles. The largest absolute Gasteiger partial charge is 0.353 e. The standard InChI is InChI=1S/C16H20N2O/c1-12-2-8-15(9-3-12)18-16(19)10-13-4-6-14(11-17)7-5-13/h4-7,12,15H,2-3,8-10H2,1H3,(H,18,19). The first kappa shape index (κ1) is 13.6. The Kier molecular flexibility index (Phi) is 4.57. The molecular formula is C16H20N2O. The van der Waals surface area contributed by atoms with Crippen molar-refractivity contribution >= 4 is 5.91 Å². The van der Waals surface area contributed by atoms with Crippen molar-refractivity contribution in [3.8, 4) is 6.07 Å². The van der Waals surface area contributed by atoms with Gasteiger partial charge < -0.3 is 5.32 Å². The highest BCUT2D eigenvalue weighted by molar-refractivity contribution is 5.78. The van der Waals surface area contributed by atoms with Crippen LogP contribution in [-0.2, 0) is 11.2 Å². The number of hydrogen-bond acceptors (Lipinski definition) is 2. The van der Waals surface area contributed by atoms with E-state index in [0.29, 0.717) is 18.0 Å². The first-order valence-electron chi connectivity index (χ1n) is 6.96. The van der Waals surface area contributed by atoms with E-state index in [0.717, 1.165) is 24.3 Å². The molecule has 3 nitrogen and oxygen atoms in total. The first-order chi connectivity index (χ1) is 9.17. The summed E-state index contributed by atoms with van der Waals surface area (Å²) in [6.45, 7) is 2.27. The number of nitrogens with one attached hydrogen (secondary N) is 1. The van der Waals surface area contributed by atoms with Crippen LogP contribution >= 0.6 is 0 Å². The van der Waals surface area contributed by atoms with Crippen LogP contribution in [0.1, 0.15) is 43.7 Å². The molecule has 100 valence electrons. The average molecular weight is 256 g/mol. The van der Waals surface area contributed by atoms with E-state index in [1.54, 1.807) is 12.1 Å². The summed E-state index contributed by atoms with van der Waals surface area (Å²) < 4.78 is 0. The zero-order chi connectivity index (χ0) is 13.7. The van der Waals surface area contributed by atoms with Gasteiger partial charge in [0.15, 0.2) is 0 Å². The highest BCUT2D eigenvalue weighted by atomic mass is 16.1. The fourth-order valence-electron chi connectivity index (χ4n) is 2.57. The molecule has 0 spiro atoms. The minimum Gasteiger partial charge on any atom is -0.353 e. The van der Waals surface area contributed by atoms with E-state index in [-0.39, 0.29) is 5.91 Å². The minimum absolute atomic E-state index is 0.0873. The van der Waals surface area contributed by atoms with Gasteiger partial charge in [-0.2, -0.15) is 5.26 Å². The smallest absolute Gasteiger partial charge is 0.224 e. The van der Waals surface area contributed by atoms with E-state index >= 15 is 0 Å². The van der Waals surface area contributed by atoms with Crippen molar-refractivity contribution < 1.29 is 4.79 Å². The van der Waals surface area contributed by atoms with Crippen LogP contribution in [0.5, 0.6) is 0 Å². The van der Waals surface area contributed by atoms with Gasteiger partial charge in [0.05, 0.1) is 18.1 Å². The van der Waals surface area contributed by atoms with Crippen molar-refractivity contribution in [2.75, 3.05) is 0 Å². The van der Waals surface area contributed by atoms with Gasteiger partial charge in [0.2, 0.25) is 5.91 Å². The molecule has 1 aliphatic rings. The number of rotatable bonds is 3. The maximum atomic E-state index is 11.9. The van der Waals surface area contributed by atoms with Gasteiger partial charge in [0.25, 0.3) is 0 Å². The zero-order valence-corrected chi connectivity index (χ0v) is 11.4. The molecule has 0 aromatic heterocycles. The Bertz CT molecular complexity index is 465. The Balaban J connectivity index is 1.82. The highest BCUT2D eigenvalue weighted by Gasteiger charge is 2.19. The molecular weight excluding hydrogens is 236 g/mol. The van der Waals surface area contributed by atoms with Crippen molar-refractivity contribution in [1.82, 2.24) is 5.32 Å². The summed E-state index contributed by atoms with van der Waals surface area (Å²) >= 11 is 0. The molecule has 1 aromatic carbocycles. The van der Waals surface area contributed by atoms with Gasteiger partial charge in [0.1, 0.15) is 0 Å². The van der Waals surface area contributed by atoms with Gasteiger partial charge in [-0.1, -0.05) is 19.1 Å². The molecule has 1 aliphatic carbocycles. The predicted molar refractivity (Wildman–Crippen MR) is 74.4 cm³/mol. The van der Waals surface area contributed by atoms with Gasteiger partial charge in [-0.25, -0.2) is 0 Å². The van der Waals surface area contributed by atoms with Crippen LogP contribution in [0.4, 0.5) is 0 Å². The van der Waals surface area contributed by atoms with E-state index in [4.69, 9.17) is 5.26 Å². The van der Waals surface area contributed by atoms with Crippen molar-refractivity contribution in [2.45, 2.75) is 45.1 Å². The Morgan fingerprint density at radius 2 is 1.89 bits per heavy atom. The zero-order valence-electron chi connectivity index (χ0n) is 11.4. The van der Waals surface area contributed by atoms with Crippen LogP contribution in [0.3, 0.4) is 0 Å². The third-order valence-corrected chi connectivity index (χ3v) is 3.83. The summed E-state index contributed by atoms with van der Waals surface area (Å²) in [6.07, 6.45) is 5.02. The summed E-state index contributed by atoms with van der Waals surface area (Å²) in [7, 11) is 0. The number of nitriles is 1. The molecule has 2 rings (SSSR count). The van der Waals surface area contributed by atoms with Crippen LogP contribution in [-0.4, -0.2) is 11.9 Å². The summed E-state index contributed by atoms with van der Waals surface area (Å²) in [5.41, 5.74) is 1.59. The van der Waals surface area contributed by atoms with Gasteiger partial charge >= 0.3 is 0 Å². The topological polar surface area (TPSA) is 52.9 Å². The van der Waals surface area contributed by atoms with Crippen molar-refractivity contribution in [3.05, 3.63) is 35.4 Å². The minimum atomic E-state index is 0.0873. The van der Waals surface area contributed by atoms with Gasteiger partial charge in [0, 0.05) is 6.04 Å². The number of benzene rings is 1. The molecule has 1 amide bonds. The molecule has 0 heterocycles. The Hall–Kier alpha value is -1.82. The number of nitrogens with zero attached hydrogens (tertiary/aromatic N) is 1. The van der Waals surface area contributed by atoms with Gasteiger partial charge in [-0.05, 0) is 49.3 Å². The second kappa shape index (κ2) is 6.38. The molecule has 0 radical (unpaired) electrons. The molecule has 0 bridgehead atoms.